The highest BCUT2D eigenvalue weighted by atomic mass is 35.5. The van der Waals surface area contributed by atoms with E-state index in [0.29, 0.717) is 40.2 Å². The van der Waals surface area contributed by atoms with Crippen LogP contribution in [-0.2, 0) is 11.4 Å². The first-order chi connectivity index (χ1) is 16.3. The summed E-state index contributed by atoms with van der Waals surface area (Å²) in [6.07, 6.45) is 2.74. The SMILES string of the molecule is CCC(=O)N[C@@H](C)c1cc(F)cc(Cl)c1COc1cccc2c(-n3cc(F)cn3)cc(C)nc12. The number of nitrogens with zero attached hydrogens (tertiary/aromatic N) is 3. The second-order valence-electron chi connectivity index (χ2n) is 7.93. The van der Waals surface area contributed by atoms with E-state index in [2.05, 4.69) is 15.4 Å². The summed E-state index contributed by atoms with van der Waals surface area (Å²) in [7, 11) is 0. The third-order valence-electron chi connectivity index (χ3n) is 5.44. The van der Waals surface area contributed by atoms with E-state index < -0.39 is 17.7 Å². The quantitative estimate of drug-likeness (QED) is 0.358. The summed E-state index contributed by atoms with van der Waals surface area (Å²) < 4.78 is 35.3. The van der Waals surface area contributed by atoms with Crippen LogP contribution >= 0.6 is 11.6 Å². The smallest absolute Gasteiger partial charge is 0.220 e. The minimum absolute atomic E-state index is 0.0290. The third kappa shape index (κ3) is 4.87. The van der Waals surface area contributed by atoms with E-state index in [-0.39, 0.29) is 17.5 Å². The number of pyridine rings is 1. The normalized spacial score (nSPS) is 12.1. The van der Waals surface area contributed by atoms with E-state index in [9.17, 15) is 13.6 Å². The van der Waals surface area contributed by atoms with Crippen LogP contribution in [0.5, 0.6) is 5.75 Å². The molecule has 0 aliphatic heterocycles. The highest BCUT2D eigenvalue weighted by Crippen LogP contribution is 2.32. The number of ether oxygens (including phenoxy) is 1. The predicted molar refractivity (Wildman–Crippen MR) is 126 cm³/mol. The molecule has 4 aromatic rings. The minimum atomic E-state index is -0.500. The largest absolute Gasteiger partial charge is 0.487 e. The second kappa shape index (κ2) is 9.77. The minimum Gasteiger partial charge on any atom is -0.487 e. The van der Waals surface area contributed by atoms with Crippen LogP contribution in [0.2, 0.25) is 5.02 Å². The molecule has 0 aliphatic carbocycles. The summed E-state index contributed by atoms with van der Waals surface area (Å²) in [5, 5.41) is 7.82. The van der Waals surface area contributed by atoms with E-state index in [1.165, 1.54) is 23.0 Å². The second-order valence-corrected chi connectivity index (χ2v) is 8.33. The lowest BCUT2D eigenvalue weighted by Gasteiger charge is -2.20. The average molecular weight is 485 g/mol. The number of para-hydroxylation sites is 1. The summed E-state index contributed by atoms with van der Waals surface area (Å²) in [6.45, 7) is 5.36. The topological polar surface area (TPSA) is 69.0 Å². The van der Waals surface area contributed by atoms with Gasteiger partial charge in [0.1, 0.15) is 23.7 Å². The highest BCUT2D eigenvalue weighted by molar-refractivity contribution is 6.31. The first-order valence-corrected chi connectivity index (χ1v) is 11.2. The van der Waals surface area contributed by atoms with Crippen LogP contribution in [0.15, 0.2) is 48.8 Å². The van der Waals surface area contributed by atoms with E-state index in [4.69, 9.17) is 16.3 Å². The van der Waals surface area contributed by atoms with Crippen molar-refractivity contribution in [2.24, 2.45) is 0 Å². The molecule has 2 aromatic heterocycles. The predicted octanol–water partition coefficient (Wildman–Crippen LogP) is 5.83. The number of aromatic nitrogens is 3. The number of nitrogens with one attached hydrogen (secondary N) is 1. The highest BCUT2D eigenvalue weighted by Gasteiger charge is 2.19. The van der Waals surface area contributed by atoms with E-state index in [1.54, 1.807) is 26.0 Å². The molecule has 2 aromatic carbocycles. The van der Waals surface area contributed by atoms with Gasteiger partial charge in [-0.25, -0.2) is 18.4 Å². The molecule has 1 N–H and O–H groups in total. The molecule has 4 rings (SSSR count). The van der Waals surface area contributed by atoms with Crippen molar-refractivity contribution in [3.05, 3.63) is 82.3 Å². The lowest BCUT2D eigenvalue weighted by atomic mass is 10.0. The summed E-state index contributed by atoms with van der Waals surface area (Å²) in [4.78, 5) is 16.5. The van der Waals surface area contributed by atoms with Gasteiger partial charge in [-0.15, -0.1) is 0 Å². The Morgan fingerprint density at radius 2 is 2.03 bits per heavy atom. The van der Waals surface area contributed by atoms with Gasteiger partial charge in [-0.05, 0) is 43.7 Å². The molecule has 0 radical (unpaired) electrons. The molecule has 0 fully saturated rings. The molecule has 6 nitrogen and oxygen atoms in total. The first-order valence-electron chi connectivity index (χ1n) is 10.8. The van der Waals surface area contributed by atoms with Gasteiger partial charge in [0.2, 0.25) is 5.91 Å². The fourth-order valence-electron chi connectivity index (χ4n) is 3.80. The number of aryl methyl sites for hydroxylation is 1. The van der Waals surface area contributed by atoms with Crippen molar-refractivity contribution in [3.8, 4) is 11.4 Å². The van der Waals surface area contributed by atoms with Crippen LogP contribution in [0.4, 0.5) is 8.78 Å². The van der Waals surface area contributed by atoms with Gasteiger partial charge in [-0.3, -0.25) is 4.79 Å². The Morgan fingerprint density at radius 3 is 2.74 bits per heavy atom. The number of carbonyl (C=O) groups is 1. The van der Waals surface area contributed by atoms with Gasteiger partial charge in [0, 0.05) is 23.1 Å². The number of carbonyl (C=O) groups excluding carboxylic acids is 1. The number of hydrogen-bond donors (Lipinski definition) is 1. The van der Waals surface area contributed by atoms with Crippen LogP contribution in [0.25, 0.3) is 16.6 Å². The van der Waals surface area contributed by atoms with Gasteiger partial charge in [0.05, 0.1) is 29.1 Å². The number of hydrogen-bond acceptors (Lipinski definition) is 4. The fraction of sp³-hybridized carbons (Fsp3) is 0.240. The lowest BCUT2D eigenvalue weighted by molar-refractivity contribution is -0.121. The Kier molecular flexibility index (Phi) is 6.79. The Labute approximate surface area is 200 Å². The summed E-state index contributed by atoms with van der Waals surface area (Å²) in [6, 6.07) is 9.33. The van der Waals surface area contributed by atoms with Gasteiger partial charge in [-0.1, -0.05) is 30.7 Å². The molecular formula is C25H23ClF2N4O2. The van der Waals surface area contributed by atoms with Crippen molar-refractivity contribution < 1.29 is 18.3 Å². The Hall–Kier alpha value is -3.52. The number of halogens is 3. The molecule has 1 amide bonds. The molecule has 0 aliphatic rings. The number of rotatable bonds is 7. The number of fused-ring (bicyclic) bond motifs is 1. The van der Waals surface area contributed by atoms with E-state index in [0.717, 1.165) is 11.6 Å². The standard InChI is InChI=1S/C25H23ClF2N4O2/c1-4-24(33)31-15(3)19-9-16(27)10-21(26)20(19)13-34-23-7-5-6-18-22(8-14(2)30-25(18)23)32-12-17(28)11-29-32/h5-12,15H,4,13H2,1-3H3,(H,31,33)/t15-/m0/s1. The van der Waals surface area contributed by atoms with Crippen molar-refractivity contribution in [3.63, 3.8) is 0 Å². The Morgan fingerprint density at radius 1 is 1.24 bits per heavy atom. The monoisotopic (exact) mass is 484 g/mol. The zero-order valence-corrected chi connectivity index (χ0v) is 19.7. The van der Waals surface area contributed by atoms with Crippen LogP contribution < -0.4 is 10.1 Å². The Bertz CT molecular complexity index is 1370. The first kappa shape index (κ1) is 23.6. The van der Waals surface area contributed by atoms with Crippen LogP contribution in [0.1, 0.15) is 43.1 Å². The number of amides is 1. The summed E-state index contributed by atoms with van der Waals surface area (Å²) >= 11 is 6.37. The molecule has 0 unspecified atom stereocenters. The molecule has 0 saturated heterocycles. The molecule has 0 saturated carbocycles. The van der Waals surface area contributed by atoms with Crippen LogP contribution in [-0.4, -0.2) is 20.7 Å². The number of benzene rings is 2. The molecule has 1 atom stereocenters. The van der Waals surface area contributed by atoms with Crippen molar-refractivity contribution in [1.29, 1.82) is 0 Å². The summed E-state index contributed by atoms with van der Waals surface area (Å²) in [5.41, 5.74) is 3.02. The Balaban J connectivity index is 1.71. The van der Waals surface area contributed by atoms with Gasteiger partial charge < -0.3 is 10.1 Å². The summed E-state index contributed by atoms with van der Waals surface area (Å²) in [5.74, 6) is -0.625. The molecule has 34 heavy (non-hydrogen) atoms. The fourth-order valence-corrected chi connectivity index (χ4v) is 4.07. The maximum atomic E-state index is 14.1. The van der Waals surface area contributed by atoms with Gasteiger partial charge in [0.25, 0.3) is 0 Å². The van der Waals surface area contributed by atoms with Crippen molar-refractivity contribution in [2.75, 3.05) is 0 Å². The zero-order valence-electron chi connectivity index (χ0n) is 18.9. The molecule has 2 heterocycles. The zero-order chi connectivity index (χ0) is 24.4. The maximum Gasteiger partial charge on any atom is 0.220 e. The average Bonchev–Trinajstić information content (AvgIpc) is 3.23. The van der Waals surface area contributed by atoms with E-state index in [1.807, 2.05) is 19.1 Å². The van der Waals surface area contributed by atoms with Gasteiger partial charge in [0.15, 0.2) is 5.82 Å². The van der Waals surface area contributed by atoms with Crippen molar-refractivity contribution in [2.45, 2.75) is 39.8 Å². The van der Waals surface area contributed by atoms with Crippen LogP contribution in [0, 0.1) is 18.6 Å². The van der Waals surface area contributed by atoms with Crippen molar-refractivity contribution in [1.82, 2.24) is 20.1 Å². The molecule has 176 valence electrons. The van der Waals surface area contributed by atoms with E-state index >= 15 is 0 Å². The lowest BCUT2D eigenvalue weighted by Crippen LogP contribution is -2.26. The maximum absolute atomic E-state index is 14.1. The van der Waals surface area contributed by atoms with Gasteiger partial charge in [-0.2, -0.15) is 5.10 Å². The third-order valence-corrected chi connectivity index (χ3v) is 5.78. The molecule has 9 heteroatoms. The van der Waals surface area contributed by atoms with Crippen LogP contribution in [0.3, 0.4) is 0 Å². The van der Waals surface area contributed by atoms with Gasteiger partial charge >= 0.3 is 0 Å². The molecular weight excluding hydrogens is 462 g/mol. The van der Waals surface area contributed by atoms with Crippen molar-refractivity contribution >= 4 is 28.4 Å². The molecule has 0 bridgehead atoms. The molecule has 0 spiro atoms.